The first-order valence-corrected chi connectivity index (χ1v) is 9.54. The van der Waals surface area contributed by atoms with E-state index in [1.54, 1.807) is 25.4 Å². The summed E-state index contributed by atoms with van der Waals surface area (Å²) in [4.78, 5) is 23.5. The van der Waals surface area contributed by atoms with Crippen molar-refractivity contribution in [1.29, 1.82) is 0 Å². The number of aromatic nitrogens is 1. The van der Waals surface area contributed by atoms with Crippen molar-refractivity contribution in [3.05, 3.63) is 52.0 Å². The average molecular weight is 501 g/mol. The third kappa shape index (κ3) is 7.84. The minimum atomic E-state index is -0.0408. The molecule has 0 spiro atoms. The number of nitrogens with zero attached hydrogens (tertiary/aromatic N) is 3. The summed E-state index contributed by atoms with van der Waals surface area (Å²) in [7, 11) is 3.46. The molecule has 0 radical (unpaired) electrons. The van der Waals surface area contributed by atoms with Crippen LogP contribution in [0.4, 0.5) is 0 Å². The van der Waals surface area contributed by atoms with Gasteiger partial charge < -0.3 is 15.5 Å². The van der Waals surface area contributed by atoms with Crippen molar-refractivity contribution in [1.82, 2.24) is 20.5 Å². The number of aryl methyl sites for hydroxylation is 1. The molecule has 148 valence electrons. The van der Waals surface area contributed by atoms with Crippen LogP contribution in [0.25, 0.3) is 0 Å². The fraction of sp³-hybridized carbons (Fsp3) is 0.421. The van der Waals surface area contributed by atoms with E-state index in [-0.39, 0.29) is 42.5 Å². The van der Waals surface area contributed by atoms with Gasteiger partial charge in [-0.1, -0.05) is 37.3 Å². The van der Waals surface area contributed by atoms with Gasteiger partial charge >= 0.3 is 0 Å². The van der Waals surface area contributed by atoms with Gasteiger partial charge in [-0.3, -0.25) is 4.79 Å². The van der Waals surface area contributed by atoms with E-state index in [0.717, 1.165) is 17.0 Å². The van der Waals surface area contributed by atoms with Crippen LogP contribution in [0.2, 0.25) is 0 Å². The molecule has 2 rings (SSSR count). The molecule has 1 heterocycles. The van der Waals surface area contributed by atoms with Crippen molar-refractivity contribution >= 4 is 47.2 Å². The number of carbonyl (C=O) groups is 1. The lowest BCUT2D eigenvalue weighted by atomic mass is 10.1. The van der Waals surface area contributed by atoms with Crippen LogP contribution in [0.15, 0.2) is 41.5 Å². The third-order valence-electron chi connectivity index (χ3n) is 3.88. The van der Waals surface area contributed by atoms with Crippen molar-refractivity contribution in [2.45, 2.75) is 32.9 Å². The fourth-order valence-electron chi connectivity index (χ4n) is 2.22. The maximum absolute atomic E-state index is 11.9. The molecule has 27 heavy (non-hydrogen) atoms. The van der Waals surface area contributed by atoms with Crippen LogP contribution >= 0.6 is 35.3 Å². The van der Waals surface area contributed by atoms with Crippen LogP contribution in [-0.4, -0.2) is 42.4 Å². The number of hydrogen-bond donors (Lipinski definition) is 2. The lowest BCUT2D eigenvalue weighted by Crippen LogP contribution is -2.39. The zero-order valence-corrected chi connectivity index (χ0v) is 19.4. The van der Waals surface area contributed by atoms with Gasteiger partial charge in [0.15, 0.2) is 5.96 Å². The molecule has 0 fully saturated rings. The summed E-state index contributed by atoms with van der Waals surface area (Å²) in [5, 5.41) is 7.65. The molecule has 8 heteroatoms. The second kappa shape index (κ2) is 11.9. The first kappa shape index (κ1) is 23.4. The number of benzene rings is 1. The maximum Gasteiger partial charge on any atom is 0.243 e. The van der Waals surface area contributed by atoms with Crippen LogP contribution in [0.5, 0.6) is 0 Å². The second-order valence-electron chi connectivity index (χ2n) is 6.16. The highest BCUT2D eigenvalue weighted by atomic mass is 127. The Bertz CT molecular complexity index is 733. The number of carbonyl (C=O) groups excluding carboxylic acids is 1. The van der Waals surface area contributed by atoms with Gasteiger partial charge in [0.25, 0.3) is 0 Å². The highest BCUT2D eigenvalue weighted by Crippen LogP contribution is 2.13. The topological polar surface area (TPSA) is 69.6 Å². The number of halogens is 1. The zero-order valence-electron chi connectivity index (χ0n) is 16.2. The van der Waals surface area contributed by atoms with Gasteiger partial charge in [0.2, 0.25) is 5.91 Å². The monoisotopic (exact) mass is 501 g/mol. The van der Waals surface area contributed by atoms with E-state index in [9.17, 15) is 4.79 Å². The van der Waals surface area contributed by atoms with Gasteiger partial charge in [-0.25, -0.2) is 9.98 Å². The number of guanidine groups is 1. The molecule has 6 nitrogen and oxygen atoms in total. The molecule has 1 amide bonds. The van der Waals surface area contributed by atoms with Gasteiger partial charge in [0, 0.05) is 25.2 Å². The van der Waals surface area contributed by atoms with E-state index in [1.165, 1.54) is 9.78 Å². The number of likely N-dealkylation sites (N-methyl/N-ethyl adjacent to an activating group) is 1. The first-order valence-electron chi connectivity index (χ1n) is 8.73. The predicted octanol–water partition coefficient (Wildman–Crippen LogP) is 3.21. The number of amides is 1. The Morgan fingerprint density at radius 3 is 2.59 bits per heavy atom. The Morgan fingerprint density at radius 1 is 1.30 bits per heavy atom. The molecule has 1 atom stereocenters. The summed E-state index contributed by atoms with van der Waals surface area (Å²) >= 11 is 1.69. The Labute approximate surface area is 182 Å². The summed E-state index contributed by atoms with van der Waals surface area (Å²) in [5.74, 6) is 0.561. The summed E-state index contributed by atoms with van der Waals surface area (Å²) in [6.07, 6.45) is 2.90. The first-order chi connectivity index (χ1) is 12.5. The lowest BCUT2D eigenvalue weighted by molar-refractivity contribution is -0.127. The van der Waals surface area contributed by atoms with Crippen LogP contribution < -0.4 is 10.6 Å². The van der Waals surface area contributed by atoms with E-state index < -0.39 is 0 Å². The van der Waals surface area contributed by atoms with E-state index in [1.807, 2.05) is 24.4 Å². The fourth-order valence-corrected chi connectivity index (χ4v) is 3.03. The van der Waals surface area contributed by atoms with Crippen LogP contribution in [0.1, 0.15) is 35.3 Å². The average Bonchev–Trinajstić information content (AvgIpc) is 3.12. The molecule has 0 saturated heterocycles. The quantitative estimate of drug-likeness (QED) is 0.348. The molecular weight excluding hydrogens is 473 g/mol. The summed E-state index contributed by atoms with van der Waals surface area (Å²) in [6.45, 7) is 4.86. The van der Waals surface area contributed by atoms with Crippen molar-refractivity contribution in [3.63, 3.8) is 0 Å². The lowest BCUT2D eigenvalue weighted by Gasteiger charge is -2.18. The minimum Gasteiger partial charge on any atom is -0.350 e. The Morgan fingerprint density at radius 2 is 2.00 bits per heavy atom. The number of nitrogens with one attached hydrogen (secondary N) is 2. The Hall–Kier alpha value is -1.68. The Kier molecular flexibility index (Phi) is 10.3. The largest absolute Gasteiger partial charge is 0.350 e. The van der Waals surface area contributed by atoms with Gasteiger partial charge in [0.05, 0.1) is 12.6 Å². The normalized spacial score (nSPS) is 12.1. The SMILES string of the molecule is CCc1cnc(CNC(=NCC(=O)N(C)C)NC(C)c2ccccc2)s1.I. The molecule has 0 saturated carbocycles. The standard InChI is InChI=1S/C19H27N5OS.HI/c1-5-16-11-20-17(26-16)12-21-19(22-13-18(25)24(3)4)23-14(2)15-9-7-6-8-10-15;/h6-11,14H,5,12-13H2,1-4H3,(H2,21,22,23);1H. The number of hydrogen-bond acceptors (Lipinski definition) is 4. The highest BCUT2D eigenvalue weighted by Gasteiger charge is 2.10. The van der Waals surface area contributed by atoms with E-state index >= 15 is 0 Å². The molecule has 1 aromatic carbocycles. The smallest absolute Gasteiger partial charge is 0.243 e. The number of aliphatic imine (C=N–C) groups is 1. The molecular formula is C19H28IN5OS. The molecule has 2 N–H and O–H groups in total. The maximum atomic E-state index is 11.9. The summed E-state index contributed by atoms with van der Waals surface area (Å²) in [6, 6.07) is 10.2. The molecule has 2 aromatic rings. The molecule has 0 aliphatic carbocycles. The van der Waals surface area contributed by atoms with E-state index in [0.29, 0.717) is 12.5 Å². The predicted molar refractivity (Wildman–Crippen MR) is 123 cm³/mol. The second-order valence-corrected chi connectivity index (χ2v) is 7.36. The van der Waals surface area contributed by atoms with Gasteiger partial charge in [-0.2, -0.15) is 0 Å². The van der Waals surface area contributed by atoms with Gasteiger partial charge in [-0.05, 0) is 18.9 Å². The van der Waals surface area contributed by atoms with Crippen LogP contribution in [0.3, 0.4) is 0 Å². The highest BCUT2D eigenvalue weighted by molar-refractivity contribution is 14.0. The number of thiazole rings is 1. The minimum absolute atomic E-state index is 0. The molecule has 0 bridgehead atoms. The Balaban J connectivity index is 0.00000364. The van der Waals surface area contributed by atoms with Crippen molar-refractivity contribution in [2.24, 2.45) is 4.99 Å². The van der Waals surface area contributed by atoms with Gasteiger partial charge in [0.1, 0.15) is 11.6 Å². The molecule has 0 aliphatic rings. The van der Waals surface area contributed by atoms with Crippen LogP contribution in [0, 0.1) is 0 Å². The molecule has 1 unspecified atom stereocenters. The van der Waals surface area contributed by atoms with Crippen LogP contribution in [-0.2, 0) is 17.8 Å². The van der Waals surface area contributed by atoms with Crippen molar-refractivity contribution < 1.29 is 4.79 Å². The molecule has 0 aliphatic heterocycles. The molecule has 1 aromatic heterocycles. The zero-order chi connectivity index (χ0) is 18.9. The number of rotatable bonds is 7. The summed E-state index contributed by atoms with van der Waals surface area (Å²) in [5.41, 5.74) is 1.16. The van der Waals surface area contributed by atoms with Gasteiger partial charge in [-0.15, -0.1) is 35.3 Å². The van der Waals surface area contributed by atoms with E-state index in [4.69, 9.17) is 0 Å². The third-order valence-corrected chi connectivity index (χ3v) is 5.02. The van der Waals surface area contributed by atoms with Crippen molar-refractivity contribution in [3.8, 4) is 0 Å². The summed E-state index contributed by atoms with van der Waals surface area (Å²) < 4.78 is 0. The van der Waals surface area contributed by atoms with Crippen molar-refractivity contribution in [2.75, 3.05) is 20.6 Å². The van der Waals surface area contributed by atoms with E-state index in [2.05, 4.69) is 46.6 Å².